The van der Waals surface area contributed by atoms with E-state index in [9.17, 15) is 4.79 Å². The van der Waals surface area contributed by atoms with Crippen molar-refractivity contribution in [2.24, 2.45) is 0 Å². The fraction of sp³-hybridized carbons (Fsp3) is 0.357. The highest BCUT2D eigenvalue weighted by Gasteiger charge is 2.27. The van der Waals surface area contributed by atoms with Crippen molar-refractivity contribution in [3.63, 3.8) is 0 Å². The van der Waals surface area contributed by atoms with Crippen LogP contribution in [0.15, 0.2) is 35.4 Å². The van der Waals surface area contributed by atoms with Gasteiger partial charge in [0.2, 0.25) is 0 Å². The summed E-state index contributed by atoms with van der Waals surface area (Å²) in [6.07, 6.45) is 2.21. The molecule has 1 aromatic carbocycles. The van der Waals surface area contributed by atoms with Crippen molar-refractivity contribution in [2.75, 3.05) is 20.4 Å². The first-order chi connectivity index (χ1) is 9.02. The van der Waals surface area contributed by atoms with E-state index < -0.39 is 0 Å². The zero-order chi connectivity index (χ0) is 14.0. The molecule has 2 rings (SSSR count). The van der Waals surface area contributed by atoms with Gasteiger partial charge in [0, 0.05) is 11.1 Å². The molecule has 0 bridgehead atoms. The standard InChI is InChI=1S/C14H18NO2PS/c1-10-9-15(18(3)4)13(19-10)11-6-5-7-12(8-11)14(16)17-2/h5-9,13H,1-4H3. The Morgan fingerprint density at radius 3 is 2.79 bits per heavy atom. The summed E-state index contributed by atoms with van der Waals surface area (Å²) in [6, 6.07) is 7.71. The lowest BCUT2D eigenvalue weighted by Gasteiger charge is -2.28. The Balaban J connectivity index is 2.29. The number of hydrogen-bond acceptors (Lipinski definition) is 4. The van der Waals surface area contributed by atoms with Crippen LogP contribution in [0.4, 0.5) is 0 Å². The number of allylic oxidation sites excluding steroid dienone is 1. The molecule has 0 fully saturated rings. The first-order valence-corrected chi connectivity index (χ1v) is 9.08. The molecule has 1 atom stereocenters. The van der Waals surface area contributed by atoms with Crippen LogP contribution in [0.1, 0.15) is 28.2 Å². The van der Waals surface area contributed by atoms with Gasteiger partial charge in [0.15, 0.2) is 0 Å². The van der Waals surface area contributed by atoms with Crippen molar-refractivity contribution in [1.29, 1.82) is 0 Å². The van der Waals surface area contributed by atoms with Gasteiger partial charge in [-0.15, -0.1) is 0 Å². The van der Waals surface area contributed by atoms with Gasteiger partial charge in [0.25, 0.3) is 0 Å². The Kier molecular flexibility index (Phi) is 4.54. The van der Waals surface area contributed by atoms with E-state index in [0.717, 1.165) is 5.56 Å². The van der Waals surface area contributed by atoms with Gasteiger partial charge in [-0.25, -0.2) is 4.79 Å². The normalized spacial score (nSPS) is 18.7. The van der Waals surface area contributed by atoms with E-state index in [2.05, 4.69) is 37.2 Å². The predicted molar refractivity (Wildman–Crippen MR) is 82.5 cm³/mol. The number of esters is 1. The highest BCUT2D eigenvalue weighted by Crippen LogP contribution is 2.52. The number of thioether (sulfide) groups is 1. The fourth-order valence-electron chi connectivity index (χ4n) is 2.00. The predicted octanol–water partition coefficient (Wildman–Crippen LogP) is 4.04. The van der Waals surface area contributed by atoms with Crippen LogP contribution in [0.2, 0.25) is 0 Å². The van der Waals surface area contributed by atoms with Crippen molar-refractivity contribution in [1.82, 2.24) is 4.67 Å². The van der Waals surface area contributed by atoms with Gasteiger partial charge in [0.05, 0.1) is 12.7 Å². The Labute approximate surface area is 119 Å². The van der Waals surface area contributed by atoms with Crippen molar-refractivity contribution in [3.05, 3.63) is 46.5 Å². The van der Waals surface area contributed by atoms with Crippen LogP contribution < -0.4 is 0 Å². The summed E-state index contributed by atoms with van der Waals surface area (Å²) in [4.78, 5) is 12.9. The molecule has 0 aliphatic carbocycles. The number of carbonyl (C=O) groups excluding carboxylic acids is 1. The average Bonchev–Trinajstić information content (AvgIpc) is 2.80. The lowest BCUT2D eigenvalue weighted by atomic mass is 10.1. The molecule has 0 N–H and O–H groups in total. The second-order valence-electron chi connectivity index (χ2n) is 4.55. The molecule has 102 valence electrons. The first kappa shape index (κ1) is 14.4. The molecule has 0 saturated carbocycles. The van der Waals surface area contributed by atoms with Gasteiger partial charge in [-0.2, -0.15) is 0 Å². The van der Waals surface area contributed by atoms with Gasteiger partial charge in [-0.3, -0.25) is 0 Å². The van der Waals surface area contributed by atoms with Crippen LogP contribution in [0.25, 0.3) is 0 Å². The Bertz CT molecular complexity index is 516. The van der Waals surface area contributed by atoms with E-state index in [4.69, 9.17) is 4.74 Å². The van der Waals surface area contributed by atoms with Crippen LogP contribution in [-0.2, 0) is 4.74 Å². The van der Waals surface area contributed by atoms with Crippen LogP contribution in [-0.4, -0.2) is 31.1 Å². The molecule has 1 aliphatic rings. The van der Waals surface area contributed by atoms with Crippen LogP contribution in [0.5, 0.6) is 0 Å². The molecule has 1 aromatic rings. The summed E-state index contributed by atoms with van der Waals surface area (Å²) in [6.45, 7) is 6.60. The monoisotopic (exact) mass is 295 g/mol. The van der Waals surface area contributed by atoms with Crippen molar-refractivity contribution in [2.45, 2.75) is 12.3 Å². The lowest BCUT2D eigenvalue weighted by Crippen LogP contribution is -2.12. The molecule has 1 heterocycles. The maximum Gasteiger partial charge on any atom is 0.337 e. The number of methoxy groups -OCH3 is 1. The summed E-state index contributed by atoms with van der Waals surface area (Å²) in [7, 11) is 1.21. The maximum absolute atomic E-state index is 11.6. The second kappa shape index (κ2) is 5.98. The van der Waals surface area contributed by atoms with Gasteiger partial charge in [0.1, 0.15) is 5.37 Å². The minimum atomic E-state index is -0.281. The van der Waals surface area contributed by atoms with Crippen molar-refractivity contribution in [3.8, 4) is 0 Å². The van der Waals surface area contributed by atoms with E-state index in [0.29, 0.717) is 5.56 Å². The van der Waals surface area contributed by atoms with Crippen LogP contribution in [0, 0.1) is 0 Å². The van der Waals surface area contributed by atoms with Gasteiger partial charge >= 0.3 is 5.97 Å². The highest BCUT2D eigenvalue weighted by molar-refractivity contribution is 8.03. The quantitative estimate of drug-likeness (QED) is 0.622. The number of nitrogens with zero attached hydrogens (tertiary/aromatic N) is 1. The van der Waals surface area contributed by atoms with E-state index in [1.54, 1.807) is 6.07 Å². The molecule has 1 aliphatic heterocycles. The molecular formula is C14H18NO2PS. The number of ether oxygens (including phenoxy) is 1. The molecular weight excluding hydrogens is 277 g/mol. The van der Waals surface area contributed by atoms with E-state index in [1.807, 2.05) is 23.9 Å². The van der Waals surface area contributed by atoms with Gasteiger partial charge < -0.3 is 9.41 Å². The third-order valence-electron chi connectivity index (χ3n) is 2.91. The highest BCUT2D eigenvalue weighted by atomic mass is 32.2. The Morgan fingerprint density at radius 1 is 1.42 bits per heavy atom. The second-order valence-corrected chi connectivity index (χ2v) is 8.04. The van der Waals surface area contributed by atoms with Crippen LogP contribution >= 0.6 is 19.8 Å². The minimum absolute atomic E-state index is 0.200. The number of hydrogen-bond donors (Lipinski definition) is 0. The third kappa shape index (κ3) is 3.13. The summed E-state index contributed by atoms with van der Waals surface area (Å²) in [5, 5.41) is 0.269. The molecule has 0 aromatic heterocycles. The number of rotatable bonds is 3. The largest absolute Gasteiger partial charge is 0.465 e. The topological polar surface area (TPSA) is 29.5 Å². The lowest BCUT2D eigenvalue weighted by molar-refractivity contribution is 0.0600. The zero-order valence-electron chi connectivity index (χ0n) is 11.6. The van der Waals surface area contributed by atoms with E-state index >= 15 is 0 Å². The molecule has 1 unspecified atom stereocenters. The van der Waals surface area contributed by atoms with E-state index in [1.165, 1.54) is 12.0 Å². The van der Waals surface area contributed by atoms with Crippen molar-refractivity contribution >= 4 is 25.8 Å². The molecule has 0 saturated heterocycles. The molecule has 19 heavy (non-hydrogen) atoms. The number of benzene rings is 1. The fourth-order valence-corrected chi connectivity index (χ4v) is 4.72. The summed E-state index contributed by atoms with van der Waals surface area (Å²) in [5.74, 6) is -0.281. The van der Waals surface area contributed by atoms with Gasteiger partial charge in [-0.1, -0.05) is 23.9 Å². The molecule has 3 nitrogen and oxygen atoms in total. The Morgan fingerprint density at radius 2 is 2.16 bits per heavy atom. The molecule has 5 heteroatoms. The SMILES string of the molecule is COC(=O)c1cccc(C2SC(C)=CN2P(C)C)c1. The van der Waals surface area contributed by atoms with Crippen LogP contribution in [0.3, 0.4) is 0 Å². The minimum Gasteiger partial charge on any atom is -0.465 e. The van der Waals surface area contributed by atoms with E-state index in [-0.39, 0.29) is 19.4 Å². The average molecular weight is 295 g/mol. The molecule has 0 radical (unpaired) electrons. The number of carbonyl (C=O) groups is 1. The summed E-state index contributed by atoms with van der Waals surface area (Å²) < 4.78 is 7.16. The Hall–Kier alpha value is -0.990. The molecule has 0 amide bonds. The molecule has 0 spiro atoms. The van der Waals surface area contributed by atoms with Crippen molar-refractivity contribution < 1.29 is 9.53 Å². The third-order valence-corrected chi connectivity index (χ3v) is 5.53. The summed E-state index contributed by atoms with van der Waals surface area (Å²) in [5.41, 5.74) is 1.76. The zero-order valence-corrected chi connectivity index (χ0v) is 13.3. The smallest absolute Gasteiger partial charge is 0.337 e. The summed E-state index contributed by atoms with van der Waals surface area (Å²) >= 11 is 1.83. The first-order valence-electron chi connectivity index (χ1n) is 6.02. The van der Waals surface area contributed by atoms with Gasteiger partial charge in [-0.05, 0) is 46.0 Å². The maximum atomic E-state index is 11.6.